The van der Waals surface area contributed by atoms with Crippen LogP contribution in [-0.2, 0) is 0 Å². The van der Waals surface area contributed by atoms with Gasteiger partial charge in [0, 0.05) is 11.1 Å². The van der Waals surface area contributed by atoms with Gasteiger partial charge in [-0.05, 0) is 177 Å². The highest BCUT2D eigenvalue weighted by Crippen LogP contribution is 2.52. The van der Waals surface area contributed by atoms with Crippen molar-refractivity contribution in [3.8, 4) is 67.1 Å². The number of carboxylic acid groups (broad SMARTS) is 8. The maximum absolute atomic E-state index is 12.5. The van der Waals surface area contributed by atoms with Gasteiger partial charge in [-0.3, -0.25) is 0 Å². The lowest BCUT2D eigenvalue weighted by atomic mass is 9.84. The summed E-state index contributed by atoms with van der Waals surface area (Å²) in [5, 5.41) is 81.7. The molecule has 8 rings (SSSR count). The fourth-order valence-corrected chi connectivity index (χ4v) is 8.83. The predicted octanol–water partition coefficient (Wildman–Crippen LogP) is 10.7. The first-order valence-electron chi connectivity index (χ1n) is 22.1. The number of carbonyl (C=O) groups is 8. The summed E-state index contributed by atoms with van der Waals surface area (Å²) < 4.78 is 12.8. The number of rotatable bonds is 17. The molecule has 0 aliphatic rings. The van der Waals surface area contributed by atoms with Crippen molar-refractivity contribution >= 4 is 69.3 Å². The summed E-state index contributed by atoms with van der Waals surface area (Å²) in [6.07, 6.45) is 0. The van der Waals surface area contributed by atoms with Crippen molar-refractivity contribution in [1.82, 2.24) is 0 Å². The summed E-state index contributed by atoms with van der Waals surface area (Å²) in [5.74, 6) is -11.2. The van der Waals surface area contributed by atoms with Crippen LogP contribution in [0.25, 0.3) is 77.2 Å². The Hall–Kier alpha value is -10.4. The van der Waals surface area contributed by atoms with E-state index in [0.717, 1.165) is 24.3 Å². The molecule has 0 unspecified atom stereocenters. The summed E-state index contributed by atoms with van der Waals surface area (Å²) in [7, 11) is 0. The molecule has 18 nitrogen and oxygen atoms in total. The van der Waals surface area contributed by atoms with Crippen molar-refractivity contribution in [3.05, 3.63) is 166 Å². The van der Waals surface area contributed by atoms with Gasteiger partial charge in [-0.1, -0.05) is 24.3 Å². The highest BCUT2D eigenvalue weighted by molar-refractivity contribution is 6.18. The Morgan fingerprint density at radius 3 is 0.770 bits per heavy atom. The number of hydrogen-bond donors (Lipinski definition) is 8. The summed E-state index contributed by atoms with van der Waals surface area (Å²) in [5.41, 5.74) is -0.864. The molecule has 0 aromatic heterocycles. The molecule has 74 heavy (non-hydrogen) atoms. The molecule has 370 valence electrons. The summed E-state index contributed by atoms with van der Waals surface area (Å²) in [6, 6.07) is 26.6. The molecule has 8 N–H and O–H groups in total. The Morgan fingerprint density at radius 1 is 0.297 bits per heavy atom. The topological polar surface area (TPSA) is 317 Å². The van der Waals surface area contributed by atoms with E-state index in [2.05, 4.69) is 0 Å². The molecular formula is C56H38O18. The Balaban J connectivity index is 1.57. The number of hydrogen-bond acceptors (Lipinski definition) is 10. The zero-order valence-corrected chi connectivity index (χ0v) is 38.6. The van der Waals surface area contributed by atoms with Crippen LogP contribution in [0, 0.1) is 0 Å². The Kier molecular flexibility index (Phi) is 13.4. The van der Waals surface area contributed by atoms with Crippen molar-refractivity contribution in [1.29, 1.82) is 0 Å². The molecule has 18 heteroatoms. The smallest absolute Gasteiger partial charge is 0.335 e. The van der Waals surface area contributed by atoms with Gasteiger partial charge in [-0.2, -0.15) is 0 Å². The third-order valence-electron chi connectivity index (χ3n) is 12.0. The molecule has 0 saturated heterocycles. The van der Waals surface area contributed by atoms with Crippen LogP contribution in [0.15, 0.2) is 121 Å². The van der Waals surface area contributed by atoms with E-state index < -0.39 is 47.8 Å². The summed E-state index contributed by atoms with van der Waals surface area (Å²) in [4.78, 5) is 98.9. The van der Waals surface area contributed by atoms with Gasteiger partial charge in [0.25, 0.3) is 0 Å². The van der Waals surface area contributed by atoms with E-state index in [9.17, 15) is 79.2 Å². The van der Waals surface area contributed by atoms with Crippen molar-refractivity contribution in [3.63, 3.8) is 0 Å². The van der Waals surface area contributed by atoms with Gasteiger partial charge < -0.3 is 50.3 Å². The second kappa shape index (κ2) is 19.8. The Labute approximate surface area is 416 Å². The average molecular weight is 999 g/mol. The van der Waals surface area contributed by atoms with Crippen LogP contribution < -0.4 is 9.47 Å². The summed E-state index contributed by atoms with van der Waals surface area (Å²) in [6.45, 7) is 3.40. The fraction of sp³-hybridized carbons (Fsp3) is 0.0714. The van der Waals surface area contributed by atoms with E-state index in [4.69, 9.17) is 9.47 Å². The number of aromatic carboxylic acids is 8. The molecule has 0 bridgehead atoms. The lowest BCUT2D eigenvalue weighted by Crippen LogP contribution is -2.05. The zero-order chi connectivity index (χ0) is 53.4. The molecule has 0 spiro atoms. The maximum atomic E-state index is 12.5. The first-order chi connectivity index (χ1) is 35.2. The van der Waals surface area contributed by atoms with Gasteiger partial charge in [-0.15, -0.1) is 0 Å². The normalized spacial score (nSPS) is 11.0. The molecule has 0 fully saturated rings. The second-order valence-electron chi connectivity index (χ2n) is 16.6. The van der Waals surface area contributed by atoms with Crippen LogP contribution in [-0.4, -0.2) is 102 Å². The second-order valence-corrected chi connectivity index (χ2v) is 16.6. The molecule has 0 aliphatic heterocycles. The minimum atomic E-state index is -1.45. The van der Waals surface area contributed by atoms with E-state index in [1.165, 1.54) is 60.7 Å². The molecule has 0 saturated carbocycles. The molecule has 0 atom stereocenters. The lowest BCUT2D eigenvalue weighted by molar-refractivity contribution is 0.0676. The van der Waals surface area contributed by atoms with Gasteiger partial charge in [0.05, 0.1) is 57.7 Å². The SMILES string of the molecule is CCOc1cc(-c2cc(C(=O)O)cc(C(=O)O)c2)c2cc(-c3cc(C(=O)O)cc(C(=O)O)c3)ccc2c1-c1c(OCC)cc(-c2cc(C(=O)O)cc(C(=O)O)c2)c2cc(-c3cc(C(=O)O)cc(C(=O)O)c3)ccc12. The minimum Gasteiger partial charge on any atom is -0.493 e. The highest BCUT2D eigenvalue weighted by atomic mass is 16.5. The Morgan fingerprint density at radius 2 is 0.541 bits per heavy atom. The zero-order valence-electron chi connectivity index (χ0n) is 38.6. The Bertz CT molecular complexity index is 3420. The van der Waals surface area contributed by atoms with E-state index >= 15 is 0 Å². The van der Waals surface area contributed by atoms with Gasteiger partial charge in [-0.25, -0.2) is 38.4 Å². The predicted molar refractivity (Wildman–Crippen MR) is 267 cm³/mol. The van der Waals surface area contributed by atoms with Crippen molar-refractivity contribution in [2.45, 2.75) is 13.8 Å². The monoisotopic (exact) mass is 998 g/mol. The first-order valence-corrected chi connectivity index (χ1v) is 22.1. The number of carboxylic acids is 8. The van der Waals surface area contributed by atoms with Crippen molar-refractivity contribution in [2.75, 3.05) is 13.2 Å². The van der Waals surface area contributed by atoms with E-state index in [-0.39, 0.29) is 125 Å². The molecule has 8 aromatic rings. The highest BCUT2D eigenvalue weighted by Gasteiger charge is 2.27. The van der Waals surface area contributed by atoms with Crippen LogP contribution in [0.1, 0.15) is 96.7 Å². The van der Waals surface area contributed by atoms with Crippen LogP contribution in [0.5, 0.6) is 11.5 Å². The molecular weight excluding hydrogens is 961 g/mol. The molecule has 0 amide bonds. The standard InChI is InChI=1S/C56H38O18/c1-3-73-45-23-41(29-13-35(53(65)66)19-36(14-29)54(67)68)43-21-25(27-9-31(49(57)58)17-32(10-27)50(59)60)5-7-39(43)47(45)48-40-8-6-26(28-11-33(51(61)62)18-34(12-28)52(63)64)22-44(40)42(24-46(48)74-4-2)30-15-37(55(69)70)20-38(16-30)56(71)72/h5-24H,3-4H2,1-2H3,(H,57,58)(H,59,60)(H,61,62)(H,63,64)(H,65,66)(H,67,68)(H,69,70)(H,71,72). The van der Waals surface area contributed by atoms with Crippen LogP contribution in [0.2, 0.25) is 0 Å². The van der Waals surface area contributed by atoms with Crippen LogP contribution in [0.3, 0.4) is 0 Å². The third kappa shape index (κ3) is 9.60. The van der Waals surface area contributed by atoms with E-state index in [0.29, 0.717) is 21.9 Å². The number of ether oxygens (including phenoxy) is 2. The minimum absolute atomic E-state index is 0.0153. The first kappa shape index (κ1) is 50.0. The molecule has 0 heterocycles. The van der Waals surface area contributed by atoms with Crippen molar-refractivity contribution < 1.29 is 88.7 Å². The number of benzene rings is 8. The largest absolute Gasteiger partial charge is 0.493 e. The van der Waals surface area contributed by atoms with E-state index in [1.807, 2.05) is 0 Å². The number of fused-ring (bicyclic) bond motifs is 2. The summed E-state index contributed by atoms with van der Waals surface area (Å²) >= 11 is 0. The van der Waals surface area contributed by atoms with Gasteiger partial charge in [0.1, 0.15) is 11.5 Å². The average Bonchev–Trinajstić information content (AvgIpc) is 3.37. The van der Waals surface area contributed by atoms with Gasteiger partial charge >= 0.3 is 47.8 Å². The third-order valence-corrected chi connectivity index (χ3v) is 12.0. The van der Waals surface area contributed by atoms with Gasteiger partial charge in [0.2, 0.25) is 0 Å². The van der Waals surface area contributed by atoms with Crippen LogP contribution >= 0.6 is 0 Å². The van der Waals surface area contributed by atoms with Crippen LogP contribution in [0.4, 0.5) is 0 Å². The molecule has 0 radical (unpaired) electrons. The maximum Gasteiger partial charge on any atom is 0.335 e. The quantitative estimate of drug-likeness (QED) is 0.0420. The van der Waals surface area contributed by atoms with Crippen molar-refractivity contribution in [2.24, 2.45) is 0 Å². The molecule has 8 aromatic carbocycles. The van der Waals surface area contributed by atoms with E-state index in [1.54, 1.807) is 50.2 Å². The fourth-order valence-electron chi connectivity index (χ4n) is 8.83. The lowest BCUT2D eigenvalue weighted by Gasteiger charge is -2.23. The van der Waals surface area contributed by atoms with Gasteiger partial charge in [0.15, 0.2) is 0 Å². The molecule has 0 aliphatic carbocycles.